The van der Waals surface area contributed by atoms with Crippen molar-refractivity contribution in [3.05, 3.63) is 88.5 Å². The Hall–Kier alpha value is -4.86. The van der Waals surface area contributed by atoms with Crippen LogP contribution in [0.4, 0.5) is 10.5 Å². The molecule has 2 N–H and O–H groups in total. The van der Waals surface area contributed by atoms with Crippen molar-refractivity contribution in [2.24, 2.45) is 5.92 Å². The number of aromatic nitrogens is 6. The second kappa shape index (κ2) is 11.9. The number of ether oxygens (including phenoxy) is 1. The monoisotopic (exact) mass is 537 g/mol. The number of amides is 1. The summed E-state index contributed by atoms with van der Waals surface area (Å²) in [6.07, 6.45) is 0.971. The second-order valence-electron chi connectivity index (χ2n) is 10.00. The molecule has 0 aliphatic heterocycles. The number of H-pyrrole nitrogens is 1. The molecule has 1 amide bonds. The molecule has 0 aliphatic carbocycles. The van der Waals surface area contributed by atoms with Gasteiger partial charge in [-0.05, 0) is 52.4 Å². The number of carbonyl (C=O) groups is 1. The molecule has 2 heterocycles. The van der Waals surface area contributed by atoms with E-state index in [9.17, 15) is 9.59 Å². The third-order valence-corrected chi connectivity index (χ3v) is 6.42. The van der Waals surface area contributed by atoms with E-state index in [0.717, 1.165) is 34.5 Å². The van der Waals surface area contributed by atoms with Crippen molar-refractivity contribution in [3.8, 4) is 22.5 Å². The van der Waals surface area contributed by atoms with E-state index in [2.05, 4.69) is 32.9 Å². The maximum Gasteiger partial charge on any atom is 0.411 e. The summed E-state index contributed by atoms with van der Waals surface area (Å²) in [7, 11) is 0. The lowest BCUT2D eigenvalue weighted by molar-refractivity contribution is 0.147. The summed E-state index contributed by atoms with van der Waals surface area (Å²) in [5, 5.41) is 17.6. The molecule has 40 heavy (non-hydrogen) atoms. The molecule has 0 fully saturated rings. The number of anilines is 1. The maximum atomic E-state index is 13.7. The van der Waals surface area contributed by atoms with Crippen molar-refractivity contribution in [2.45, 2.75) is 40.2 Å². The van der Waals surface area contributed by atoms with Gasteiger partial charge in [0, 0.05) is 17.7 Å². The number of benzene rings is 3. The van der Waals surface area contributed by atoms with Crippen LogP contribution in [-0.2, 0) is 17.7 Å². The summed E-state index contributed by atoms with van der Waals surface area (Å²) in [6.45, 7) is 6.68. The highest BCUT2D eigenvalue weighted by atomic mass is 16.5. The van der Waals surface area contributed by atoms with Gasteiger partial charge in [-0.1, -0.05) is 69.3 Å². The van der Waals surface area contributed by atoms with E-state index in [1.54, 1.807) is 22.8 Å². The average molecular weight is 538 g/mol. The van der Waals surface area contributed by atoms with Gasteiger partial charge in [-0.25, -0.2) is 9.78 Å². The van der Waals surface area contributed by atoms with Crippen LogP contribution >= 0.6 is 0 Å². The Morgan fingerprint density at radius 1 is 1.05 bits per heavy atom. The minimum absolute atomic E-state index is 0.154. The average Bonchev–Trinajstić information content (AvgIpc) is 3.50. The molecule has 0 bridgehead atoms. The highest BCUT2D eigenvalue weighted by Gasteiger charge is 2.14. The Labute approximate surface area is 231 Å². The molecule has 3 aromatic carbocycles. The molecule has 0 saturated heterocycles. The molecule has 2 aromatic heterocycles. The Balaban J connectivity index is 1.44. The van der Waals surface area contributed by atoms with Crippen LogP contribution in [0.5, 0.6) is 0 Å². The highest BCUT2D eigenvalue weighted by Crippen LogP contribution is 2.30. The van der Waals surface area contributed by atoms with Crippen molar-refractivity contribution < 1.29 is 9.53 Å². The molecule has 10 heteroatoms. The van der Waals surface area contributed by atoms with Crippen LogP contribution < -0.4 is 10.9 Å². The zero-order valence-corrected chi connectivity index (χ0v) is 22.7. The first kappa shape index (κ1) is 26.7. The normalized spacial score (nSPS) is 11.2. The zero-order valence-electron chi connectivity index (χ0n) is 22.7. The largest absolute Gasteiger partial charge is 0.449 e. The van der Waals surface area contributed by atoms with Gasteiger partial charge in [0.05, 0.1) is 24.1 Å². The first-order chi connectivity index (χ1) is 19.4. The number of rotatable bonds is 9. The predicted octanol–water partition coefficient (Wildman–Crippen LogP) is 5.45. The van der Waals surface area contributed by atoms with Gasteiger partial charge in [0.1, 0.15) is 5.82 Å². The molecule has 5 rings (SSSR count). The molecular weight excluding hydrogens is 506 g/mol. The standard InChI is InChI=1S/C30H31N7O3/c1-4-7-27-32-26-15-14-22(31-30(39)40-18-19(2)3)16-25(26)29(38)37(27)17-20-10-12-21(13-11-20)23-8-5-6-9-24(23)28-33-35-36-34-28/h5-6,8-16,19H,4,7,17-18H2,1-3H3,(H,31,39)(H,33,34,35,36). The van der Waals surface area contributed by atoms with Gasteiger partial charge in [-0.3, -0.25) is 14.7 Å². The van der Waals surface area contributed by atoms with Crippen molar-refractivity contribution in [1.82, 2.24) is 30.2 Å². The number of carbonyl (C=O) groups excluding carboxylic acids is 1. The number of tetrazole rings is 1. The topological polar surface area (TPSA) is 128 Å². The molecule has 0 radical (unpaired) electrons. The van der Waals surface area contributed by atoms with E-state index in [1.165, 1.54) is 0 Å². The lowest BCUT2D eigenvalue weighted by atomic mass is 9.98. The molecule has 5 aromatic rings. The molecule has 204 valence electrons. The molecular formula is C30H31N7O3. The van der Waals surface area contributed by atoms with Crippen LogP contribution in [0, 0.1) is 5.92 Å². The lowest BCUT2D eigenvalue weighted by Gasteiger charge is -2.15. The van der Waals surface area contributed by atoms with Gasteiger partial charge >= 0.3 is 6.09 Å². The van der Waals surface area contributed by atoms with Gasteiger partial charge < -0.3 is 4.74 Å². The maximum absolute atomic E-state index is 13.7. The summed E-state index contributed by atoms with van der Waals surface area (Å²) in [4.78, 5) is 30.7. The fourth-order valence-corrected chi connectivity index (χ4v) is 4.50. The Bertz CT molecular complexity index is 1680. The first-order valence-corrected chi connectivity index (χ1v) is 13.3. The quantitative estimate of drug-likeness (QED) is 0.256. The van der Waals surface area contributed by atoms with Gasteiger partial charge in [0.25, 0.3) is 5.56 Å². The van der Waals surface area contributed by atoms with Gasteiger partial charge in [0.15, 0.2) is 0 Å². The molecule has 0 spiro atoms. The van der Waals surface area contributed by atoms with Crippen LogP contribution in [0.2, 0.25) is 0 Å². The third kappa shape index (κ3) is 5.90. The highest BCUT2D eigenvalue weighted by molar-refractivity contribution is 5.89. The summed E-state index contributed by atoms with van der Waals surface area (Å²) < 4.78 is 6.93. The zero-order chi connectivity index (χ0) is 28.1. The van der Waals surface area contributed by atoms with Crippen LogP contribution in [0.3, 0.4) is 0 Å². The summed E-state index contributed by atoms with van der Waals surface area (Å²) >= 11 is 0. The molecule has 0 unspecified atom stereocenters. The summed E-state index contributed by atoms with van der Waals surface area (Å²) in [5.74, 6) is 1.48. The van der Waals surface area contributed by atoms with Crippen LogP contribution in [0.1, 0.15) is 38.6 Å². The summed E-state index contributed by atoms with van der Waals surface area (Å²) in [6, 6.07) is 21.1. The molecule has 0 saturated carbocycles. The number of hydrogen-bond donors (Lipinski definition) is 2. The smallest absolute Gasteiger partial charge is 0.411 e. The fourth-order valence-electron chi connectivity index (χ4n) is 4.50. The fraction of sp³-hybridized carbons (Fsp3) is 0.267. The van der Waals surface area contributed by atoms with Crippen molar-refractivity contribution >= 4 is 22.7 Å². The van der Waals surface area contributed by atoms with Crippen molar-refractivity contribution in [2.75, 3.05) is 11.9 Å². The van der Waals surface area contributed by atoms with E-state index in [-0.39, 0.29) is 11.5 Å². The van der Waals surface area contributed by atoms with E-state index in [0.29, 0.717) is 42.0 Å². The molecule has 0 atom stereocenters. The molecule has 10 nitrogen and oxygen atoms in total. The van der Waals surface area contributed by atoms with E-state index in [1.807, 2.05) is 62.4 Å². The number of nitrogens with zero attached hydrogens (tertiary/aromatic N) is 5. The number of aromatic amines is 1. The van der Waals surface area contributed by atoms with Gasteiger partial charge in [-0.15, -0.1) is 10.2 Å². The second-order valence-corrected chi connectivity index (χ2v) is 10.00. The minimum Gasteiger partial charge on any atom is -0.449 e. The first-order valence-electron chi connectivity index (χ1n) is 13.3. The summed E-state index contributed by atoms with van der Waals surface area (Å²) in [5.41, 5.74) is 4.76. The predicted molar refractivity (Wildman–Crippen MR) is 154 cm³/mol. The van der Waals surface area contributed by atoms with Gasteiger partial charge in [-0.2, -0.15) is 5.21 Å². The van der Waals surface area contributed by atoms with E-state index >= 15 is 0 Å². The van der Waals surface area contributed by atoms with Crippen molar-refractivity contribution in [1.29, 1.82) is 0 Å². The van der Waals surface area contributed by atoms with E-state index < -0.39 is 6.09 Å². The Morgan fingerprint density at radius 2 is 1.82 bits per heavy atom. The SMILES string of the molecule is CCCc1nc2ccc(NC(=O)OCC(C)C)cc2c(=O)n1Cc1ccc(-c2ccccc2-c2nn[nH]n2)cc1. The Morgan fingerprint density at radius 3 is 2.52 bits per heavy atom. The van der Waals surface area contributed by atoms with E-state index in [4.69, 9.17) is 9.72 Å². The number of hydrogen-bond acceptors (Lipinski definition) is 7. The van der Waals surface area contributed by atoms with Crippen LogP contribution in [0.15, 0.2) is 71.5 Å². The molecule has 0 aliphatic rings. The van der Waals surface area contributed by atoms with Crippen LogP contribution in [0.25, 0.3) is 33.4 Å². The number of fused-ring (bicyclic) bond motifs is 1. The number of nitrogens with one attached hydrogen (secondary N) is 2. The number of aryl methyl sites for hydroxylation is 1. The Kier molecular flexibility index (Phi) is 7.95. The van der Waals surface area contributed by atoms with Crippen molar-refractivity contribution in [3.63, 3.8) is 0 Å². The third-order valence-electron chi connectivity index (χ3n) is 6.42. The lowest BCUT2D eigenvalue weighted by Crippen LogP contribution is -2.26. The minimum atomic E-state index is -0.551. The van der Waals surface area contributed by atoms with Gasteiger partial charge in [0.2, 0.25) is 5.82 Å². The van der Waals surface area contributed by atoms with Crippen LogP contribution in [-0.4, -0.2) is 42.9 Å².